The fourth-order valence-electron chi connectivity index (χ4n) is 2.68. The van der Waals surface area contributed by atoms with E-state index in [0.717, 1.165) is 5.56 Å². The highest BCUT2D eigenvalue weighted by Gasteiger charge is 2.13. The Labute approximate surface area is 178 Å². The molecule has 2 aromatic heterocycles. The molecule has 30 heavy (non-hydrogen) atoms. The summed E-state index contributed by atoms with van der Waals surface area (Å²) in [6, 6.07) is 23.7. The van der Waals surface area contributed by atoms with Crippen molar-refractivity contribution in [2.24, 2.45) is 0 Å². The molecule has 0 saturated heterocycles. The number of aromatic nitrogens is 3. The van der Waals surface area contributed by atoms with Crippen LogP contribution in [0, 0.1) is 11.3 Å². The molecule has 0 spiro atoms. The molecule has 0 fully saturated rings. The van der Waals surface area contributed by atoms with Gasteiger partial charge in [-0.1, -0.05) is 48.0 Å². The maximum Gasteiger partial charge on any atom is 0.224 e. The summed E-state index contributed by atoms with van der Waals surface area (Å²) < 4.78 is 11.9. The fraction of sp³-hybridized carbons (Fsp3) is 0.0435. The minimum Gasteiger partial charge on any atom is -0.485 e. The van der Waals surface area contributed by atoms with Crippen molar-refractivity contribution in [3.8, 4) is 35.0 Å². The van der Waals surface area contributed by atoms with E-state index in [-0.39, 0.29) is 11.0 Å². The average Bonchev–Trinajstić information content (AvgIpc) is 2.79. The van der Waals surface area contributed by atoms with Crippen LogP contribution in [-0.2, 0) is 6.61 Å². The summed E-state index contributed by atoms with van der Waals surface area (Å²) in [7, 11) is 0. The van der Waals surface area contributed by atoms with Crippen molar-refractivity contribution in [1.29, 1.82) is 5.26 Å². The van der Waals surface area contributed by atoms with Crippen LogP contribution in [0.5, 0.6) is 17.4 Å². The second kappa shape index (κ2) is 9.03. The Morgan fingerprint density at radius 2 is 1.73 bits per heavy atom. The lowest BCUT2D eigenvalue weighted by Crippen LogP contribution is -2.00. The van der Waals surface area contributed by atoms with Gasteiger partial charge in [-0.25, -0.2) is 4.98 Å². The Kier molecular flexibility index (Phi) is 5.83. The number of nitriles is 1. The molecule has 0 atom stereocenters. The van der Waals surface area contributed by atoms with Crippen molar-refractivity contribution in [1.82, 2.24) is 15.0 Å². The van der Waals surface area contributed by atoms with Crippen molar-refractivity contribution >= 4 is 11.6 Å². The van der Waals surface area contributed by atoms with Gasteiger partial charge < -0.3 is 9.47 Å². The molecule has 0 N–H and O–H groups in total. The zero-order valence-electron chi connectivity index (χ0n) is 15.7. The molecule has 0 bridgehead atoms. The maximum absolute atomic E-state index is 9.26. The second-order valence-electron chi connectivity index (χ2n) is 6.22. The van der Waals surface area contributed by atoms with Gasteiger partial charge in [-0.3, -0.25) is 4.98 Å². The molecule has 0 aliphatic carbocycles. The summed E-state index contributed by atoms with van der Waals surface area (Å²) in [5.74, 6) is 1.38. The first-order valence-corrected chi connectivity index (χ1v) is 9.44. The van der Waals surface area contributed by atoms with Gasteiger partial charge in [0.05, 0.1) is 11.6 Å². The van der Waals surface area contributed by atoms with E-state index in [0.29, 0.717) is 35.2 Å². The minimum atomic E-state index is 0.212. The van der Waals surface area contributed by atoms with Crippen LogP contribution in [-0.4, -0.2) is 15.0 Å². The lowest BCUT2D eigenvalue weighted by molar-refractivity contribution is 0.290. The van der Waals surface area contributed by atoms with Crippen LogP contribution in [0.4, 0.5) is 0 Å². The molecule has 4 rings (SSSR count). The summed E-state index contributed by atoms with van der Waals surface area (Å²) in [5.41, 5.74) is 2.01. The molecule has 0 radical (unpaired) electrons. The van der Waals surface area contributed by atoms with Crippen molar-refractivity contribution in [2.75, 3.05) is 0 Å². The highest BCUT2D eigenvalue weighted by molar-refractivity contribution is 6.29. The summed E-state index contributed by atoms with van der Waals surface area (Å²) >= 11 is 6.16. The van der Waals surface area contributed by atoms with E-state index in [9.17, 15) is 5.26 Å². The van der Waals surface area contributed by atoms with E-state index >= 15 is 0 Å². The van der Waals surface area contributed by atoms with Crippen molar-refractivity contribution in [2.45, 2.75) is 6.61 Å². The summed E-state index contributed by atoms with van der Waals surface area (Å²) in [4.78, 5) is 12.8. The number of nitrogens with zero attached hydrogens (tertiary/aromatic N) is 4. The largest absolute Gasteiger partial charge is 0.485 e. The third-order valence-corrected chi connectivity index (χ3v) is 4.28. The van der Waals surface area contributed by atoms with Crippen LogP contribution < -0.4 is 9.47 Å². The third kappa shape index (κ3) is 4.72. The molecule has 0 saturated carbocycles. The van der Waals surface area contributed by atoms with E-state index in [1.807, 2.05) is 36.4 Å². The van der Waals surface area contributed by atoms with Gasteiger partial charge in [0.1, 0.15) is 17.5 Å². The van der Waals surface area contributed by atoms with Crippen LogP contribution in [0.3, 0.4) is 0 Å². The Balaban J connectivity index is 1.63. The fourth-order valence-corrected chi connectivity index (χ4v) is 2.86. The minimum absolute atomic E-state index is 0.212. The Morgan fingerprint density at radius 1 is 0.900 bits per heavy atom. The second-order valence-corrected chi connectivity index (χ2v) is 6.60. The van der Waals surface area contributed by atoms with Gasteiger partial charge in [-0.2, -0.15) is 10.2 Å². The number of rotatable bonds is 6. The first-order chi connectivity index (χ1) is 14.7. The smallest absolute Gasteiger partial charge is 0.224 e. The maximum atomic E-state index is 9.26. The topological polar surface area (TPSA) is 80.9 Å². The van der Waals surface area contributed by atoms with Gasteiger partial charge in [-0.15, -0.1) is 0 Å². The molecule has 4 aromatic rings. The lowest BCUT2D eigenvalue weighted by atomic mass is 10.2. The summed E-state index contributed by atoms with van der Waals surface area (Å²) in [6.07, 6.45) is 1.64. The van der Waals surface area contributed by atoms with Gasteiger partial charge in [0.25, 0.3) is 0 Å². The van der Waals surface area contributed by atoms with Gasteiger partial charge in [0.15, 0.2) is 17.3 Å². The first-order valence-electron chi connectivity index (χ1n) is 9.06. The molecule has 146 valence electrons. The SMILES string of the molecule is N#Cc1ccc(OCc2ccccc2)c(Oc2cc(Cl)nc(-c3ccccn3)n2)c1. The molecule has 0 aliphatic heterocycles. The molecular formula is C23H15ClN4O2. The number of benzene rings is 2. The van der Waals surface area contributed by atoms with E-state index in [4.69, 9.17) is 21.1 Å². The van der Waals surface area contributed by atoms with E-state index in [1.165, 1.54) is 6.07 Å². The molecule has 6 nitrogen and oxygen atoms in total. The van der Waals surface area contributed by atoms with E-state index in [1.54, 1.807) is 36.5 Å². The standard InChI is InChI=1S/C23H15ClN4O2/c24-21-13-22(28-23(27-21)18-8-4-5-11-26-18)30-20-12-17(14-25)9-10-19(20)29-15-16-6-2-1-3-7-16/h1-13H,15H2. The van der Waals surface area contributed by atoms with Crippen molar-refractivity contribution in [3.63, 3.8) is 0 Å². The number of ether oxygens (including phenoxy) is 2. The average molecular weight is 415 g/mol. The van der Waals surface area contributed by atoms with Crippen molar-refractivity contribution < 1.29 is 9.47 Å². The van der Waals surface area contributed by atoms with Crippen LogP contribution in [0.15, 0.2) is 79.0 Å². The molecule has 0 aliphatic rings. The molecule has 0 unspecified atom stereocenters. The number of pyridine rings is 1. The molecular weight excluding hydrogens is 400 g/mol. The lowest BCUT2D eigenvalue weighted by Gasteiger charge is -2.13. The predicted octanol–water partition coefficient (Wildman–Crippen LogP) is 5.43. The zero-order chi connectivity index (χ0) is 20.8. The van der Waals surface area contributed by atoms with E-state index in [2.05, 4.69) is 21.0 Å². The number of halogens is 1. The Hall–Kier alpha value is -3.95. The summed E-state index contributed by atoms with van der Waals surface area (Å²) in [6.45, 7) is 0.354. The van der Waals surface area contributed by atoms with Crippen LogP contribution >= 0.6 is 11.6 Å². The monoisotopic (exact) mass is 414 g/mol. The van der Waals surface area contributed by atoms with Gasteiger partial charge >= 0.3 is 0 Å². The Bertz CT molecular complexity index is 1190. The quantitative estimate of drug-likeness (QED) is 0.391. The molecule has 7 heteroatoms. The number of hydrogen-bond acceptors (Lipinski definition) is 6. The summed E-state index contributed by atoms with van der Waals surface area (Å²) in [5, 5.41) is 9.47. The highest BCUT2D eigenvalue weighted by Crippen LogP contribution is 2.33. The normalized spacial score (nSPS) is 10.3. The molecule has 2 aromatic carbocycles. The van der Waals surface area contributed by atoms with Crippen LogP contribution in [0.2, 0.25) is 5.15 Å². The van der Waals surface area contributed by atoms with Crippen molar-refractivity contribution in [3.05, 3.63) is 95.3 Å². The first kappa shape index (κ1) is 19.4. The Morgan fingerprint density at radius 3 is 2.50 bits per heavy atom. The van der Waals surface area contributed by atoms with E-state index < -0.39 is 0 Å². The number of hydrogen-bond donors (Lipinski definition) is 0. The van der Waals surface area contributed by atoms with Gasteiger partial charge in [-0.05, 0) is 29.8 Å². The van der Waals surface area contributed by atoms with Crippen LogP contribution in [0.1, 0.15) is 11.1 Å². The molecule has 2 heterocycles. The predicted molar refractivity (Wildman–Crippen MR) is 112 cm³/mol. The zero-order valence-corrected chi connectivity index (χ0v) is 16.5. The highest BCUT2D eigenvalue weighted by atomic mass is 35.5. The van der Waals surface area contributed by atoms with Crippen LogP contribution in [0.25, 0.3) is 11.5 Å². The third-order valence-electron chi connectivity index (χ3n) is 4.09. The van der Waals surface area contributed by atoms with Gasteiger partial charge in [0.2, 0.25) is 5.88 Å². The van der Waals surface area contributed by atoms with Gasteiger partial charge in [0, 0.05) is 18.3 Å². The molecule has 0 amide bonds.